The van der Waals surface area contributed by atoms with Gasteiger partial charge in [0.25, 0.3) is 0 Å². The van der Waals surface area contributed by atoms with Gasteiger partial charge in [-0.2, -0.15) is 0 Å². The predicted molar refractivity (Wildman–Crippen MR) is 65.3 cm³/mol. The highest BCUT2D eigenvalue weighted by Crippen LogP contribution is 2.09. The largest absolute Gasteiger partial charge is 0.366 e. The van der Waals surface area contributed by atoms with Gasteiger partial charge in [-0.15, -0.1) is 0 Å². The molecule has 0 unspecified atom stereocenters. The van der Waals surface area contributed by atoms with Crippen LogP contribution in [0.3, 0.4) is 0 Å². The van der Waals surface area contributed by atoms with Gasteiger partial charge in [-0.1, -0.05) is 6.07 Å². The number of aromatic nitrogens is 2. The highest BCUT2D eigenvalue weighted by molar-refractivity contribution is 5.37. The van der Waals surface area contributed by atoms with E-state index in [4.69, 9.17) is 0 Å². The van der Waals surface area contributed by atoms with Crippen LogP contribution in [0.4, 0.5) is 5.82 Å². The molecule has 3 nitrogen and oxygen atoms in total. The van der Waals surface area contributed by atoms with Crippen LogP contribution in [0.15, 0.2) is 36.8 Å². The number of nitrogens with zero attached hydrogens (tertiary/aromatic N) is 2. The van der Waals surface area contributed by atoms with Crippen molar-refractivity contribution in [3.8, 4) is 0 Å². The van der Waals surface area contributed by atoms with Gasteiger partial charge in [0.15, 0.2) is 0 Å². The van der Waals surface area contributed by atoms with Crippen molar-refractivity contribution in [1.82, 2.24) is 9.97 Å². The van der Waals surface area contributed by atoms with E-state index in [-0.39, 0.29) is 0 Å². The SMILES string of the molecule is Cc1ccc(NCc2ccncc2C)nc1. The van der Waals surface area contributed by atoms with Crippen molar-refractivity contribution in [3.63, 3.8) is 0 Å². The number of hydrogen-bond acceptors (Lipinski definition) is 3. The fraction of sp³-hybridized carbons (Fsp3) is 0.231. The highest BCUT2D eigenvalue weighted by Gasteiger charge is 1.98. The molecule has 2 aromatic rings. The summed E-state index contributed by atoms with van der Waals surface area (Å²) in [5.74, 6) is 0.904. The normalized spacial score (nSPS) is 10.1. The first kappa shape index (κ1) is 10.6. The van der Waals surface area contributed by atoms with Gasteiger partial charge in [0.05, 0.1) is 0 Å². The van der Waals surface area contributed by atoms with E-state index in [2.05, 4.69) is 28.3 Å². The first-order chi connectivity index (χ1) is 7.75. The molecule has 2 rings (SSSR count). The van der Waals surface area contributed by atoms with Gasteiger partial charge in [-0.3, -0.25) is 4.98 Å². The molecule has 1 N–H and O–H groups in total. The predicted octanol–water partition coefficient (Wildman–Crippen LogP) is 2.71. The molecule has 0 aromatic carbocycles. The van der Waals surface area contributed by atoms with E-state index < -0.39 is 0 Å². The highest BCUT2D eigenvalue weighted by atomic mass is 15.0. The van der Waals surface area contributed by atoms with Crippen LogP contribution in [-0.2, 0) is 6.54 Å². The topological polar surface area (TPSA) is 37.8 Å². The molecule has 0 atom stereocenters. The molecule has 0 spiro atoms. The minimum atomic E-state index is 0.782. The Kier molecular flexibility index (Phi) is 3.15. The summed E-state index contributed by atoms with van der Waals surface area (Å²) in [7, 11) is 0. The summed E-state index contributed by atoms with van der Waals surface area (Å²) in [6.45, 7) is 4.88. The average molecular weight is 213 g/mol. The molecular weight excluding hydrogens is 198 g/mol. The molecule has 82 valence electrons. The molecule has 0 amide bonds. The minimum absolute atomic E-state index is 0.782. The van der Waals surface area contributed by atoms with Crippen molar-refractivity contribution in [2.24, 2.45) is 0 Å². The third-order valence-corrected chi connectivity index (χ3v) is 2.51. The Balaban J connectivity index is 2.02. The van der Waals surface area contributed by atoms with Gasteiger partial charge < -0.3 is 5.32 Å². The van der Waals surface area contributed by atoms with E-state index in [1.54, 1.807) is 0 Å². The van der Waals surface area contributed by atoms with Crippen molar-refractivity contribution in [2.45, 2.75) is 20.4 Å². The lowest BCUT2D eigenvalue weighted by Crippen LogP contribution is -2.02. The molecule has 0 fully saturated rings. The summed E-state index contributed by atoms with van der Waals surface area (Å²) in [4.78, 5) is 8.36. The molecule has 2 aromatic heterocycles. The Bertz CT molecular complexity index is 463. The maximum Gasteiger partial charge on any atom is 0.126 e. The molecule has 3 heteroatoms. The number of aryl methyl sites for hydroxylation is 2. The fourth-order valence-electron chi connectivity index (χ4n) is 1.46. The molecule has 0 aliphatic rings. The smallest absolute Gasteiger partial charge is 0.126 e. The maximum absolute atomic E-state index is 4.30. The molecule has 2 heterocycles. The third kappa shape index (κ3) is 2.57. The second-order valence-electron chi connectivity index (χ2n) is 3.88. The standard InChI is InChI=1S/C13H15N3/c1-10-3-4-13(15-7-10)16-9-12-5-6-14-8-11(12)2/h3-8H,9H2,1-2H3,(H,15,16). The van der Waals surface area contributed by atoms with Crippen molar-refractivity contribution >= 4 is 5.82 Å². The molecular formula is C13H15N3. The molecule has 0 bridgehead atoms. The van der Waals surface area contributed by atoms with Crippen LogP contribution < -0.4 is 5.32 Å². The minimum Gasteiger partial charge on any atom is -0.366 e. The molecule has 0 aliphatic carbocycles. The Hall–Kier alpha value is -1.90. The summed E-state index contributed by atoms with van der Waals surface area (Å²) in [6, 6.07) is 6.07. The van der Waals surface area contributed by atoms with E-state index in [1.807, 2.05) is 37.6 Å². The van der Waals surface area contributed by atoms with Gasteiger partial charge in [-0.05, 0) is 42.7 Å². The number of anilines is 1. The van der Waals surface area contributed by atoms with E-state index in [9.17, 15) is 0 Å². The van der Waals surface area contributed by atoms with Crippen LogP contribution in [0.5, 0.6) is 0 Å². The van der Waals surface area contributed by atoms with Crippen LogP contribution in [0.1, 0.15) is 16.7 Å². The van der Waals surface area contributed by atoms with E-state index >= 15 is 0 Å². The van der Waals surface area contributed by atoms with Crippen LogP contribution in [0.2, 0.25) is 0 Å². The summed E-state index contributed by atoms with van der Waals surface area (Å²) >= 11 is 0. The number of hydrogen-bond donors (Lipinski definition) is 1. The molecule has 0 saturated carbocycles. The van der Waals surface area contributed by atoms with Crippen LogP contribution in [0, 0.1) is 13.8 Å². The zero-order chi connectivity index (χ0) is 11.4. The van der Waals surface area contributed by atoms with Gasteiger partial charge >= 0.3 is 0 Å². The number of nitrogens with one attached hydrogen (secondary N) is 1. The Morgan fingerprint density at radius 1 is 1.12 bits per heavy atom. The number of rotatable bonds is 3. The Morgan fingerprint density at radius 2 is 2.00 bits per heavy atom. The van der Waals surface area contributed by atoms with Gasteiger partial charge in [-0.25, -0.2) is 4.98 Å². The summed E-state index contributed by atoms with van der Waals surface area (Å²) in [5, 5.41) is 3.29. The molecule has 0 radical (unpaired) electrons. The van der Waals surface area contributed by atoms with Crippen LogP contribution >= 0.6 is 0 Å². The van der Waals surface area contributed by atoms with Crippen molar-refractivity contribution in [3.05, 3.63) is 53.5 Å². The van der Waals surface area contributed by atoms with Gasteiger partial charge in [0.1, 0.15) is 5.82 Å². The van der Waals surface area contributed by atoms with E-state index in [0.717, 1.165) is 12.4 Å². The fourth-order valence-corrected chi connectivity index (χ4v) is 1.46. The van der Waals surface area contributed by atoms with Gasteiger partial charge in [0, 0.05) is 25.1 Å². The van der Waals surface area contributed by atoms with Crippen LogP contribution in [0.25, 0.3) is 0 Å². The quantitative estimate of drug-likeness (QED) is 0.851. The van der Waals surface area contributed by atoms with Crippen molar-refractivity contribution in [1.29, 1.82) is 0 Å². The Labute approximate surface area is 95.6 Å². The summed E-state index contributed by atoms with van der Waals surface area (Å²) in [5.41, 5.74) is 3.62. The Morgan fingerprint density at radius 3 is 2.69 bits per heavy atom. The lowest BCUT2D eigenvalue weighted by molar-refractivity contribution is 1.07. The monoisotopic (exact) mass is 213 g/mol. The first-order valence-electron chi connectivity index (χ1n) is 5.32. The van der Waals surface area contributed by atoms with Gasteiger partial charge in [0.2, 0.25) is 0 Å². The summed E-state index contributed by atoms with van der Waals surface area (Å²) in [6.07, 6.45) is 5.55. The molecule has 0 aliphatic heterocycles. The maximum atomic E-state index is 4.30. The van der Waals surface area contributed by atoms with E-state index in [0.29, 0.717) is 0 Å². The lowest BCUT2D eigenvalue weighted by Gasteiger charge is -2.07. The average Bonchev–Trinajstić information content (AvgIpc) is 2.30. The van der Waals surface area contributed by atoms with Crippen molar-refractivity contribution in [2.75, 3.05) is 5.32 Å². The number of pyridine rings is 2. The zero-order valence-electron chi connectivity index (χ0n) is 9.57. The third-order valence-electron chi connectivity index (χ3n) is 2.51. The second kappa shape index (κ2) is 4.75. The first-order valence-corrected chi connectivity index (χ1v) is 5.32. The molecule has 0 saturated heterocycles. The van der Waals surface area contributed by atoms with Crippen LogP contribution in [-0.4, -0.2) is 9.97 Å². The second-order valence-corrected chi connectivity index (χ2v) is 3.88. The van der Waals surface area contributed by atoms with E-state index in [1.165, 1.54) is 16.7 Å². The van der Waals surface area contributed by atoms with Crippen molar-refractivity contribution < 1.29 is 0 Å². The summed E-state index contributed by atoms with van der Waals surface area (Å²) < 4.78 is 0. The zero-order valence-corrected chi connectivity index (χ0v) is 9.57. The molecule has 16 heavy (non-hydrogen) atoms. The lowest BCUT2D eigenvalue weighted by atomic mass is 10.1.